The molecule has 7 heteroatoms. The Hall–Kier alpha value is -2.83. The van der Waals surface area contributed by atoms with Gasteiger partial charge < -0.3 is 19.7 Å². The number of benzene rings is 1. The summed E-state index contributed by atoms with van der Waals surface area (Å²) in [6.07, 6.45) is 8.09. The van der Waals surface area contributed by atoms with Crippen molar-refractivity contribution in [3.8, 4) is 11.5 Å². The Kier molecular flexibility index (Phi) is 4.37. The Morgan fingerprint density at radius 1 is 1.00 bits per heavy atom. The minimum atomic E-state index is -0.297. The Morgan fingerprint density at radius 3 is 2.56 bits per heavy atom. The van der Waals surface area contributed by atoms with Crippen LogP contribution in [0.25, 0.3) is 0 Å². The number of aromatic nitrogens is 2. The molecule has 1 amide bonds. The Balaban J connectivity index is 1.43. The van der Waals surface area contributed by atoms with Gasteiger partial charge >= 0.3 is 0 Å². The van der Waals surface area contributed by atoms with Crippen molar-refractivity contribution < 1.29 is 14.3 Å². The van der Waals surface area contributed by atoms with Crippen LogP contribution in [0.2, 0.25) is 0 Å². The van der Waals surface area contributed by atoms with Crippen molar-refractivity contribution in [3.05, 3.63) is 36.3 Å². The first-order valence-corrected chi connectivity index (χ1v) is 8.57. The second-order valence-corrected chi connectivity index (χ2v) is 6.18. The summed E-state index contributed by atoms with van der Waals surface area (Å²) in [6, 6.07) is 5.27. The summed E-state index contributed by atoms with van der Waals surface area (Å²) in [4.78, 5) is 23.3. The van der Waals surface area contributed by atoms with E-state index in [9.17, 15) is 4.79 Å². The fraction of sp³-hybridized carbons (Fsp3) is 0.389. The van der Waals surface area contributed by atoms with Crippen LogP contribution in [0.1, 0.15) is 36.2 Å². The fourth-order valence-electron chi connectivity index (χ4n) is 3.07. The molecule has 0 unspecified atom stereocenters. The zero-order chi connectivity index (χ0) is 17.1. The lowest BCUT2D eigenvalue weighted by molar-refractivity contribution is 0.102. The lowest BCUT2D eigenvalue weighted by atomic mass is 10.2. The summed E-state index contributed by atoms with van der Waals surface area (Å²) < 4.78 is 10.6. The molecule has 1 aromatic carbocycles. The summed E-state index contributed by atoms with van der Waals surface area (Å²) in [6.45, 7) is 2.20. The lowest BCUT2D eigenvalue weighted by Gasteiger charge is -2.20. The zero-order valence-corrected chi connectivity index (χ0v) is 13.9. The largest absolute Gasteiger partial charge is 0.454 e. The highest BCUT2D eigenvalue weighted by Crippen LogP contribution is 2.34. The molecular weight excluding hydrogens is 320 g/mol. The maximum atomic E-state index is 12.4. The minimum absolute atomic E-state index is 0.205. The van der Waals surface area contributed by atoms with Gasteiger partial charge in [-0.1, -0.05) is 12.8 Å². The van der Waals surface area contributed by atoms with Crippen molar-refractivity contribution in [1.82, 2.24) is 9.97 Å². The predicted molar refractivity (Wildman–Crippen MR) is 93.2 cm³/mol. The molecular formula is C18H20N4O3. The first-order chi connectivity index (χ1) is 12.3. The van der Waals surface area contributed by atoms with Crippen molar-refractivity contribution >= 4 is 17.4 Å². The standard InChI is InChI=1S/C18H20N4O3/c23-18(21-13-5-6-15-16(9-13)25-12-24-15)14-10-20-17(11-19-14)22-7-3-1-2-4-8-22/h5-6,9-11H,1-4,7-8,12H2,(H,21,23). The van der Waals surface area contributed by atoms with Gasteiger partial charge in [0.2, 0.25) is 6.79 Å². The number of carbonyl (C=O) groups is 1. The Labute approximate surface area is 146 Å². The highest BCUT2D eigenvalue weighted by molar-refractivity contribution is 6.02. The van der Waals surface area contributed by atoms with Gasteiger partial charge in [-0.25, -0.2) is 9.97 Å². The minimum Gasteiger partial charge on any atom is -0.454 e. The number of hydrogen-bond acceptors (Lipinski definition) is 6. The zero-order valence-electron chi connectivity index (χ0n) is 13.9. The van der Waals surface area contributed by atoms with Crippen LogP contribution in [0.5, 0.6) is 11.5 Å². The molecule has 1 saturated heterocycles. The number of nitrogens with zero attached hydrogens (tertiary/aromatic N) is 3. The Morgan fingerprint density at radius 2 is 1.80 bits per heavy atom. The fourth-order valence-corrected chi connectivity index (χ4v) is 3.07. The molecule has 2 aromatic rings. The van der Waals surface area contributed by atoms with Gasteiger partial charge in [-0.3, -0.25) is 4.79 Å². The molecule has 0 radical (unpaired) electrons. The second kappa shape index (κ2) is 6.96. The topological polar surface area (TPSA) is 76.6 Å². The maximum absolute atomic E-state index is 12.4. The van der Waals surface area contributed by atoms with Crippen molar-refractivity contribution in [1.29, 1.82) is 0 Å². The molecule has 2 aliphatic rings. The number of anilines is 2. The van der Waals surface area contributed by atoms with Crippen LogP contribution in [-0.4, -0.2) is 35.8 Å². The predicted octanol–water partition coefficient (Wildman–Crippen LogP) is 2.84. The number of amides is 1. The summed E-state index contributed by atoms with van der Waals surface area (Å²) >= 11 is 0. The van der Waals surface area contributed by atoms with E-state index in [1.165, 1.54) is 31.9 Å². The normalized spacial score (nSPS) is 16.4. The van der Waals surface area contributed by atoms with Gasteiger partial charge in [-0.15, -0.1) is 0 Å². The quantitative estimate of drug-likeness (QED) is 0.926. The summed E-state index contributed by atoms with van der Waals surface area (Å²) in [5.41, 5.74) is 0.920. The van der Waals surface area contributed by atoms with E-state index in [2.05, 4.69) is 20.2 Å². The summed E-state index contributed by atoms with van der Waals surface area (Å²) in [5, 5.41) is 2.81. The van der Waals surface area contributed by atoms with Gasteiger partial charge in [0.1, 0.15) is 11.5 Å². The van der Waals surface area contributed by atoms with E-state index in [4.69, 9.17) is 9.47 Å². The third-order valence-corrected chi connectivity index (χ3v) is 4.43. The highest BCUT2D eigenvalue weighted by Gasteiger charge is 2.16. The molecule has 0 atom stereocenters. The number of ether oxygens (including phenoxy) is 2. The molecule has 7 nitrogen and oxygen atoms in total. The van der Waals surface area contributed by atoms with Crippen LogP contribution in [0.15, 0.2) is 30.6 Å². The number of rotatable bonds is 3. The average molecular weight is 340 g/mol. The summed E-state index contributed by atoms with van der Waals surface area (Å²) in [7, 11) is 0. The number of carbonyl (C=O) groups excluding carboxylic acids is 1. The molecule has 3 heterocycles. The van der Waals surface area contributed by atoms with Gasteiger partial charge in [-0.05, 0) is 25.0 Å². The molecule has 1 aromatic heterocycles. The molecule has 0 spiro atoms. The maximum Gasteiger partial charge on any atom is 0.275 e. The first kappa shape index (κ1) is 15.7. The number of hydrogen-bond donors (Lipinski definition) is 1. The summed E-state index contributed by atoms with van der Waals surface area (Å²) in [5.74, 6) is 1.84. The van der Waals surface area contributed by atoms with Crippen LogP contribution in [0.4, 0.5) is 11.5 Å². The van der Waals surface area contributed by atoms with Gasteiger partial charge in [-0.2, -0.15) is 0 Å². The molecule has 1 N–H and O–H groups in total. The van der Waals surface area contributed by atoms with Crippen LogP contribution in [0, 0.1) is 0 Å². The molecule has 1 fully saturated rings. The third kappa shape index (κ3) is 3.50. The van der Waals surface area contributed by atoms with E-state index in [0.29, 0.717) is 17.2 Å². The Bertz CT molecular complexity index is 755. The van der Waals surface area contributed by atoms with Gasteiger partial charge in [0, 0.05) is 24.8 Å². The lowest BCUT2D eigenvalue weighted by Crippen LogP contribution is -2.25. The van der Waals surface area contributed by atoms with Crippen LogP contribution in [-0.2, 0) is 0 Å². The third-order valence-electron chi connectivity index (χ3n) is 4.43. The van der Waals surface area contributed by atoms with Crippen molar-refractivity contribution in [3.63, 3.8) is 0 Å². The van der Waals surface area contributed by atoms with Crippen LogP contribution in [0.3, 0.4) is 0 Å². The van der Waals surface area contributed by atoms with E-state index in [1.807, 2.05) is 0 Å². The van der Waals surface area contributed by atoms with Crippen LogP contribution < -0.4 is 19.7 Å². The van der Waals surface area contributed by atoms with E-state index in [-0.39, 0.29) is 18.4 Å². The monoisotopic (exact) mass is 340 g/mol. The molecule has 0 aliphatic carbocycles. The number of fused-ring (bicyclic) bond motifs is 1. The van der Waals surface area contributed by atoms with Gasteiger partial charge in [0.05, 0.1) is 12.4 Å². The molecule has 25 heavy (non-hydrogen) atoms. The smallest absolute Gasteiger partial charge is 0.275 e. The SMILES string of the molecule is O=C(Nc1ccc2c(c1)OCO2)c1cnc(N2CCCCCC2)cn1. The highest BCUT2D eigenvalue weighted by atomic mass is 16.7. The van der Waals surface area contributed by atoms with Crippen molar-refractivity contribution in [2.75, 3.05) is 30.1 Å². The second-order valence-electron chi connectivity index (χ2n) is 6.18. The molecule has 2 aliphatic heterocycles. The molecule has 4 rings (SSSR count). The average Bonchev–Trinajstić information content (AvgIpc) is 2.94. The van der Waals surface area contributed by atoms with Crippen molar-refractivity contribution in [2.24, 2.45) is 0 Å². The number of nitrogens with one attached hydrogen (secondary N) is 1. The van der Waals surface area contributed by atoms with Gasteiger partial charge in [0.15, 0.2) is 11.5 Å². The van der Waals surface area contributed by atoms with Crippen LogP contribution >= 0.6 is 0 Å². The van der Waals surface area contributed by atoms with E-state index in [0.717, 1.165) is 18.9 Å². The van der Waals surface area contributed by atoms with Gasteiger partial charge in [0.25, 0.3) is 5.91 Å². The molecule has 0 bridgehead atoms. The van der Waals surface area contributed by atoms with Crippen molar-refractivity contribution in [2.45, 2.75) is 25.7 Å². The molecule has 130 valence electrons. The van der Waals surface area contributed by atoms with E-state index >= 15 is 0 Å². The van der Waals surface area contributed by atoms with E-state index in [1.54, 1.807) is 24.4 Å². The van der Waals surface area contributed by atoms with E-state index < -0.39 is 0 Å². The first-order valence-electron chi connectivity index (χ1n) is 8.57. The molecule has 0 saturated carbocycles.